The van der Waals surface area contributed by atoms with Gasteiger partial charge in [0.1, 0.15) is 11.4 Å². The topological polar surface area (TPSA) is 80.2 Å². The van der Waals surface area contributed by atoms with Gasteiger partial charge in [-0.3, -0.25) is 10.1 Å². The maximum Gasteiger partial charge on any atom is 0.273 e. The Morgan fingerprint density at radius 2 is 2.20 bits per heavy atom. The molecule has 4 heterocycles. The van der Waals surface area contributed by atoms with Gasteiger partial charge in [-0.25, -0.2) is 4.98 Å². The van der Waals surface area contributed by atoms with Gasteiger partial charge in [0.05, 0.1) is 6.26 Å². The minimum atomic E-state index is -0.192. The van der Waals surface area contributed by atoms with E-state index >= 15 is 0 Å². The van der Waals surface area contributed by atoms with Crippen LogP contribution in [0.2, 0.25) is 0 Å². The predicted molar refractivity (Wildman–Crippen MR) is 95.8 cm³/mol. The van der Waals surface area contributed by atoms with Crippen LogP contribution >= 0.6 is 11.3 Å². The number of furan rings is 1. The Morgan fingerprint density at radius 1 is 1.32 bits per heavy atom. The van der Waals surface area contributed by atoms with E-state index < -0.39 is 0 Å². The molecule has 6 nitrogen and oxygen atoms in total. The Balaban J connectivity index is 1.58. The Kier molecular flexibility index (Phi) is 4.67. The molecule has 0 radical (unpaired) electrons. The number of nitrogens with zero attached hydrogens (tertiary/aromatic N) is 1. The highest BCUT2D eigenvalue weighted by Gasteiger charge is 2.22. The molecule has 1 aliphatic heterocycles. The fourth-order valence-electron chi connectivity index (χ4n) is 3.00. The summed E-state index contributed by atoms with van der Waals surface area (Å²) in [5.74, 6) is 1.12. The van der Waals surface area contributed by atoms with E-state index in [2.05, 4.69) is 15.3 Å². The molecular formula is C18H19N3O3S. The molecule has 0 saturated carbocycles. The number of thiazole rings is 1. The van der Waals surface area contributed by atoms with Crippen molar-refractivity contribution < 1.29 is 13.9 Å². The van der Waals surface area contributed by atoms with E-state index in [0.29, 0.717) is 16.7 Å². The van der Waals surface area contributed by atoms with Crippen molar-refractivity contribution in [3.8, 4) is 11.5 Å². The second-order valence-electron chi connectivity index (χ2n) is 6.07. The van der Waals surface area contributed by atoms with E-state index in [1.54, 1.807) is 24.6 Å². The summed E-state index contributed by atoms with van der Waals surface area (Å²) in [7, 11) is 0. The van der Waals surface area contributed by atoms with Gasteiger partial charge < -0.3 is 14.1 Å². The van der Waals surface area contributed by atoms with Crippen LogP contribution in [0.3, 0.4) is 0 Å². The molecule has 7 heteroatoms. The third-order valence-electron chi connectivity index (χ3n) is 4.33. The molecule has 0 spiro atoms. The molecule has 1 fully saturated rings. The van der Waals surface area contributed by atoms with Crippen LogP contribution in [0.15, 0.2) is 41.1 Å². The lowest BCUT2D eigenvalue weighted by Gasteiger charge is -2.21. The van der Waals surface area contributed by atoms with Crippen molar-refractivity contribution in [1.82, 2.24) is 9.97 Å². The third kappa shape index (κ3) is 3.67. The van der Waals surface area contributed by atoms with Gasteiger partial charge in [-0.05, 0) is 49.4 Å². The number of hydrogen-bond donors (Lipinski definition) is 2. The average molecular weight is 357 g/mol. The molecule has 1 amide bonds. The number of carbonyl (C=O) groups is 1. The number of rotatable bonds is 5. The predicted octanol–water partition coefficient (Wildman–Crippen LogP) is 3.95. The molecule has 0 aliphatic carbocycles. The molecule has 0 atom stereocenters. The molecule has 0 aromatic carbocycles. The first kappa shape index (κ1) is 16.1. The third-order valence-corrected chi connectivity index (χ3v) is 5.32. The van der Waals surface area contributed by atoms with Crippen molar-refractivity contribution in [2.45, 2.75) is 19.3 Å². The number of amides is 1. The molecule has 25 heavy (non-hydrogen) atoms. The maximum absolute atomic E-state index is 12.3. The summed E-state index contributed by atoms with van der Waals surface area (Å²) in [5.41, 5.74) is 1.34. The smallest absolute Gasteiger partial charge is 0.273 e. The summed E-state index contributed by atoms with van der Waals surface area (Å²) in [5, 5.41) is 3.47. The van der Waals surface area contributed by atoms with E-state index in [1.165, 1.54) is 11.3 Å². The second kappa shape index (κ2) is 7.25. The first-order chi connectivity index (χ1) is 12.3. The van der Waals surface area contributed by atoms with Gasteiger partial charge in [-0.1, -0.05) is 0 Å². The zero-order valence-electron chi connectivity index (χ0n) is 13.7. The van der Waals surface area contributed by atoms with Gasteiger partial charge in [0.25, 0.3) is 5.91 Å². The number of carbonyl (C=O) groups excluding carboxylic acids is 1. The van der Waals surface area contributed by atoms with E-state index in [9.17, 15) is 4.79 Å². The summed E-state index contributed by atoms with van der Waals surface area (Å²) in [6, 6.07) is 7.28. The molecule has 2 N–H and O–H groups in total. The number of hydrogen-bond acceptors (Lipinski definition) is 5. The molecular weight excluding hydrogens is 338 g/mol. The molecule has 0 unspecified atom stereocenters. The van der Waals surface area contributed by atoms with Crippen molar-refractivity contribution in [1.29, 1.82) is 0 Å². The van der Waals surface area contributed by atoms with E-state index in [-0.39, 0.29) is 5.91 Å². The zero-order chi connectivity index (χ0) is 17.1. The quantitative estimate of drug-likeness (QED) is 0.724. The molecule has 3 aromatic rings. The van der Waals surface area contributed by atoms with Crippen molar-refractivity contribution in [2.75, 3.05) is 18.5 Å². The first-order valence-electron chi connectivity index (χ1n) is 8.35. The summed E-state index contributed by atoms with van der Waals surface area (Å²) in [4.78, 5) is 20.9. The average Bonchev–Trinajstić information content (AvgIpc) is 3.38. The number of nitrogens with one attached hydrogen (secondary N) is 2. The molecule has 1 saturated heterocycles. The van der Waals surface area contributed by atoms with Crippen molar-refractivity contribution in [2.24, 2.45) is 5.92 Å². The Bertz CT molecular complexity index is 818. The standard InChI is InChI=1S/C18H19N3O3S/c22-17(13-3-1-7-19-13)21-18-20-16(14-4-2-8-24-14)15(25-18)11-12-5-9-23-10-6-12/h1-4,7-8,12,19H,5-6,9-11H2,(H,20,21,22). The monoisotopic (exact) mass is 357 g/mol. The van der Waals surface area contributed by atoms with Crippen molar-refractivity contribution >= 4 is 22.4 Å². The van der Waals surface area contributed by atoms with E-state index in [1.807, 2.05) is 12.1 Å². The lowest BCUT2D eigenvalue weighted by atomic mass is 9.95. The Hall–Kier alpha value is -2.38. The summed E-state index contributed by atoms with van der Waals surface area (Å²) in [6.45, 7) is 1.63. The lowest BCUT2D eigenvalue weighted by Crippen LogP contribution is -2.17. The zero-order valence-corrected chi connectivity index (χ0v) is 14.5. The van der Waals surface area contributed by atoms with Gasteiger partial charge in [-0.15, -0.1) is 11.3 Å². The fourth-order valence-corrected chi connectivity index (χ4v) is 4.07. The Labute approximate surface area is 149 Å². The summed E-state index contributed by atoms with van der Waals surface area (Å²) >= 11 is 1.52. The van der Waals surface area contributed by atoms with Crippen LogP contribution in [0.4, 0.5) is 5.13 Å². The van der Waals surface area contributed by atoms with Crippen LogP contribution in [0.1, 0.15) is 28.2 Å². The molecule has 3 aromatic heterocycles. The fraction of sp³-hybridized carbons (Fsp3) is 0.333. The number of aromatic amines is 1. The van der Waals surface area contributed by atoms with Crippen LogP contribution in [-0.2, 0) is 11.2 Å². The molecule has 130 valence electrons. The number of H-pyrrole nitrogens is 1. The van der Waals surface area contributed by atoms with E-state index in [0.717, 1.165) is 48.8 Å². The van der Waals surface area contributed by atoms with Gasteiger partial charge >= 0.3 is 0 Å². The summed E-state index contributed by atoms with van der Waals surface area (Å²) < 4.78 is 11.0. The molecule has 1 aliphatic rings. The van der Waals surface area contributed by atoms with Crippen LogP contribution in [0, 0.1) is 5.92 Å². The van der Waals surface area contributed by atoms with Crippen molar-refractivity contribution in [3.63, 3.8) is 0 Å². The highest BCUT2D eigenvalue weighted by molar-refractivity contribution is 7.16. The first-order valence-corrected chi connectivity index (χ1v) is 9.17. The normalized spacial score (nSPS) is 15.4. The van der Waals surface area contributed by atoms with Crippen molar-refractivity contribution in [3.05, 3.63) is 47.3 Å². The van der Waals surface area contributed by atoms with Gasteiger partial charge in [-0.2, -0.15) is 0 Å². The van der Waals surface area contributed by atoms with E-state index in [4.69, 9.17) is 9.15 Å². The van der Waals surface area contributed by atoms with Crippen LogP contribution in [-0.4, -0.2) is 29.1 Å². The van der Waals surface area contributed by atoms with Gasteiger partial charge in [0, 0.05) is 24.3 Å². The van der Waals surface area contributed by atoms with Gasteiger partial charge in [0.15, 0.2) is 10.9 Å². The van der Waals surface area contributed by atoms with Crippen LogP contribution < -0.4 is 5.32 Å². The maximum atomic E-state index is 12.3. The second-order valence-corrected chi connectivity index (χ2v) is 7.15. The summed E-state index contributed by atoms with van der Waals surface area (Å²) in [6.07, 6.45) is 6.40. The highest BCUT2D eigenvalue weighted by Crippen LogP contribution is 2.35. The van der Waals surface area contributed by atoms with Crippen LogP contribution in [0.25, 0.3) is 11.5 Å². The van der Waals surface area contributed by atoms with Gasteiger partial charge in [0.2, 0.25) is 0 Å². The number of ether oxygens (including phenoxy) is 1. The number of anilines is 1. The Morgan fingerprint density at radius 3 is 2.92 bits per heavy atom. The molecule has 0 bridgehead atoms. The molecule has 4 rings (SSSR count). The minimum Gasteiger partial charge on any atom is -0.463 e. The SMILES string of the molecule is O=C(Nc1nc(-c2ccco2)c(CC2CCOCC2)s1)c1ccc[nH]1. The highest BCUT2D eigenvalue weighted by atomic mass is 32.1. The lowest BCUT2D eigenvalue weighted by molar-refractivity contribution is 0.0667. The number of aromatic nitrogens is 2. The van der Waals surface area contributed by atoms with Crippen LogP contribution in [0.5, 0.6) is 0 Å². The largest absolute Gasteiger partial charge is 0.463 e. The minimum absolute atomic E-state index is 0.192.